The minimum atomic E-state index is -0.0205. The lowest BCUT2D eigenvalue weighted by Gasteiger charge is -2.29. The standard InChI is InChI=1S/C25H31N7S/c1-5-31-23(33)20(21(26)32-16-25(3,4)15-29-24(31)32)22(30-19-10-12-27-13-11-19)28-14-18-8-6-17(2)7-9-18/h6-13,26,28H,5,14-16H2,1-4H3,(H,27,30)/b22-20-,26-21?. The Bertz CT molecular complexity index is 1380. The van der Waals surface area contributed by atoms with Crippen molar-refractivity contribution >= 4 is 23.7 Å². The third kappa shape index (κ3) is 4.90. The van der Waals surface area contributed by atoms with E-state index < -0.39 is 0 Å². The van der Waals surface area contributed by atoms with Crippen LogP contribution in [0.15, 0.2) is 53.8 Å². The molecule has 0 unspecified atom stereocenters. The van der Waals surface area contributed by atoms with Crippen LogP contribution in [0.4, 0.5) is 5.69 Å². The number of hydrogen-bond donors (Lipinski definition) is 3. The van der Waals surface area contributed by atoms with Crippen LogP contribution >= 0.6 is 12.2 Å². The number of rotatable bonds is 6. The van der Waals surface area contributed by atoms with Crippen molar-refractivity contribution in [3.8, 4) is 0 Å². The van der Waals surface area contributed by atoms with E-state index in [1.165, 1.54) is 5.56 Å². The maximum absolute atomic E-state index is 9.13. The maximum Gasteiger partial charge on any atom is 0.207 e. The maximum atomic E-state index is 9.13. The first-order valence-corrected chi connectivity index (χ1v) is 11.6. The van der Waals surface area contributed by atoms with Gasteiger partial charge in [-0.2, -0.15) is 0 Å². The number of pyridine rings is 1. The first-order valence-electron chi connectivity index (χ1n) is 11.2. The number of anilines is 1. The van der Waals surface area contributed by atoms with Crippen LogP contribution in [0.5, 0.6) is 0 Å². The highest BCUT2D eigenvalue weighted by atomic mass is 32.1. The lowest BCUT2D eigenvalue weighted by molar-refractivity contribution is 0.266. The molecule has 8 heteroatoms. The van der Waals surface area contributed by atoms with Gasteiger partial charge in [0.05, 0.1) is 5.22 Å². The highest BCUT2D eigenvalue weighted by molar-refractivity contribution is 7.71. The Kier molecular flexibility index (Phi) is 6.47. The molecule has 2 aromatic heterocycles. The van der Waals surface area contributed by atoms with Gasteiger partial charge in [0.15, 0.2) is 0 Å². The Morgan fingerprint density at radius 1 is 1.15 bits per heavy atom. The largest absolute Gasteiger partial charge is 0.367 e. The quantitative estimate of drug-likeness (QED) is 0.493. The van der Waals surface area contributed by atoms with Gasteiger partial charge in [0.2, 0.25) is 5.62 Å². The van der Waals surface area contributed by atoms with Gasteiger partial charge in [0.1, 0.15) is 15.9 Å². The van der Waals surface area contributed by atoms with E-state index in [-0.39, 0.29) is 5.41 Å². The van der Waals surface area contributed by atoms with Crippen molar-refractivity contribution in [2.24, 2.45) is 10.4 Å². The van der Waals surface area contributed by atoms with Crippen LogP contribution in [0.2, 0.25) is 0 Å². The molecule has 0 saturated heterocycles. The van der Waals surface area contributed by atoms with Crippen LogP contribution in [-0.2, 0) is 19.6 Å². The summed E-state index contributed by atoms with van der Waals surface area (Å²) in [6.07, 6.45) is 3.48. The Morgan fingerprint density at radius 3 is 2.52 bits per heavy atom. The van der Waals surface area contributed by atoms with Crippen LogP contribution in [0.3, 0.4) is 0 Å². The zero-order valence-corrected chi connectivity index (χ0v) is 20.5. The molecule has 3 aromatic rings. The fourth-order valence-electron chi connectivity index (χ4n) is 3.97. The average molecular weight is 462 g/mol. The molecule has 172 valence electrons. The summed E-state index contributed by atoms with van der Waals surface area (Å²) in [6.45, 7) is 11.2. The fraction of sp³-hybridized carbons (Fsp3) is 0.360. The Balaban J connectivity index is 1.93. The number of hydrogen-bond acceptors (Lipinski definition) is 6. The summed E-state index contributed by atoms with van der Waals surface area (Å²) >= 11 is 5.92. The molecule has 3 N–H and O–H groups in total. The average Bonchev–Trinajstić information content (AvgIpc) is 2.79. The van der Waals surface area contributed by atoms with Crippen LogP contribution in [0.1, 0.15) is 31.9 Å². The van der Waals surface area contributed by atoms with Gasteiger partial charge in [-0.05, 0) is 31.5 Å². The molecule has 1 aliphatic heterocycles. The summed E-state index contributed by atoms with van der Waals surface area (Å²) in [5, 5.41) is 16.8. The molecule has 7 nitrogen and oxygen atoms in total. The van der Waals surface area contributed by atoms with Gasteiger partial charge >= 0.3 is 0 Å². The van der Waals surface area contributed by atoms with Gasteiger partial charge in [0, 0.05) is 49.7 Å². The predicted molar refractivity (Wildman–Crippen MR) is 134 cm³/mol. The second kappa shape index (κ2) is 9.31. The van der Waals surface area contributed by atoms with Crippen molar-refractivity contribution in [3.63, 3.8) is 0 Å². The molecule has 4 rings (SSSR count). The lowest BCUT2D eigenvalue weighted by Crippen LogP contribution is -2.55. The topological polar surface area (TPSA) is 83.0 Å². The minimum Gasteiger partial charge on any atom is -0.367 e. The highest BCUT2D eigenvalue weighted by Gasteiger charge is 2.24. The van der Waals surface area contributed by atoms with Crippen molar-refractivity contribution in [1.82, 2.24) is 19.4 Å². The van der Waals surface area contributed by atoms with E-state index in [1.807, 2.05) is 21.3 Å². The SMILES string of the molecule is CCn1c(=S)/c(=C(/NCc2ccc(C)cc2)Nc2ccncc2)c(=N)n2c1=NCC(C)(C)C2. The molecular weight excluding hydrogens is 430 g/mol. The normalized spacial score (nSPS) is 15.3. The van der Waals surface area contributed by atoms with E-state index in [2.05, 4.69) is 67.6 Å². The molecule has 0 spiro atoms. The zero-order valence-electron chi connectivity index (χ0n) is 19.6. The van der Waals surface area contributed by atoms with Gasteiger partial charge in [0.25, 0.3) is 0 Å². The molecule has 3 heterocycles. The summed E-state index contributed by atoms with van der Waals surface area (Å²) < 4.78 is 4.62. The highest BCUT2D eigenvalue weighted by Crippen LogP contribution is 2.18. The molecule has 0 radical (unpaired) electrons. The molecule has 1 aromatic carbocycles. The van der Waals surface area contributed by atoms with Crippen molar-refractivity contribution in [1.29, 1.82) is 5.41 Å². The van der Waals surface area contributed by atoms with E-state index in [0.717, 1.165) is 23.4 Å². The van der Waals surface area contributed by atoms with Gasteiger partial charge in [-0.3, -0.25) is 20.0 Å². The third-order valence-corrected chi connectivity index (χ3v) is 6.21. The summed E-state index contributed by atoms with van der Waals surface area (Å²) in [5.74, 6) is 0.706. The van der Waals surface area contributed by atoms with E-state index >= 15 is 0 Å². The first kappa shape index (κ1) is 22.9. The van der Waals surface area contributed by atoms with Gasteiger partial charge in [-0.1, -0.05) is 55.9 Å². The number of fused-ring (bicyclic) bond motifs is 1. The Hall–Kier alpha value is -3.26. The molecule has 0 amide bonds. The van der Waals surface area contributed by atoms with E-state index in [4.69, 9.17) is 22.6 Å². The number of nitrogens with one attached hydrogen (secondary N) is 3. The van der Waals surface area contributed by atoms with Crippen LogP contribution in [-0.4, -0.2) is 20.7 Å². The van der Waals surface area contributed by atoms with Gasteiger partial charge < -0.3 is 15.2 Å². The molecule has 33 heavy (non-hydrogen) atoms. The number of benzene rings is 1. The second-order valence-electron chi connectivity index (χ2n) is 9.21. The molecule has 0 bridgehead atoms. The Morgan fingerprint density at radius 2 is 1.85 bits per heavy atom. The predicted octanol–water partition coefficient (Wildman–Crippen LogP) is 2.85. The summed E-state index contributed by atoms with van der Waals surface area (Å²) in [7, 11) is 0. The van der Waals surface area contributed by atoms with E-state index in [1.54, 1.807) is 12.4 Å². The van der Waals surface area contributed by atoms with E-state index in [9.17, 15) is 0 Å². The van der Waals surface area contributed by atoms with Crippen molar-refractivity contribution in [2.45, 2.75) is 47.3 Å². The van der Waals surface area contributed by atoms with Crippen LogP contribution in [0, 0.1) is 22.4 Å². The number of nitrogens with zero attached hydrogens (tertiary/aromatic N) is 4. The lowest BCUT2D eigenvalue weighted by atomic mass is 9.93. The van der Waals surface area contributed by atoms with E-state index in [0.29, 0.717) is 40.8 Å². The molecule has 0 fully saturated rings. The number of aromatic nitrogens is 3. The molecule has 0 saturated carbocycles. The van der Waals surface area contributed by atoms with Crippen molar-refractivity contribution < 1.29 is 0 Å². The third-order valence-electron chi connectivity index (χ3n) is 5.79. The molecule has 1 aliphatic rings. The molecular formula is C25H31N7S. The summed E-state index contributed by atoms with van der Waals surface area (Å²) in [6, 6.07) is 12.2. The van der Waals surface area contributed by atoms with Gasteiger partial charge in [-0.25, -0.2) is 0 Å². The molecule has 0 aliphatic carbocycles. The zero-order chi connectivity index (χ0) is 23.6. The Labute approximate surface area is 199 Å². The first-order chi connectivity index (χ1) is 15.8. The summed E-state index contributed by atoms with van der Waals surface area (Å²) in [5.41, 5.74) is 4.37. The summed E-state index contributed by atoms with van der Waals surface area (Å²) in [4.78, 5) is 8.92. The minimum absolute atomic E-state index is 0.0205. The second-order valence-corrected chi connectivity index (χ2v) is 9.60. The monoisotopic (exact) mass is 461 g/mol. The smallest absolute Gasteiger partial charge is 0.207 e. The number of aryl methyl sites for hydroxylation is 1. The van der Waals surface area contributed by atoms with Crippen molar-refractivity contribution in [3.05, 3.63) is 80.9 Å². The van der Waals surface area contributed by atoms with Crippen LogP contribution in [0.25, 0.3) is 5.82 Å². The van der Waals surface area contributed by atoms with Crippen molar-refractivity contribution in [2.75, 3.05) is 11.9 Å². The van der Waals surface area contributed by atoms with Gasteiger partial charge in [-0.15, -0.1) is 0 Å². The fourth-order valence-corrected chi connectivity index (χ4v) is 4.38. The molecule has 0 atom stereocenters. The van der Waals surface area contributed by atoms with Crippen LogP contribution < -0.4 is 27.0 Å².